The Bertz CT molecular complexity index is 611. The summed E-state index contributed by atoms with van der Waals surface area (Å²) < 4.78 is 19.4. The summed E-state index contributed by atoms with van der Waals surface area (Å²) in [5, 5.41) is 0. The van der Waals surface area contributed by atoms with Gasteiger partial charge in [-0.05, 0) is 35.9 Å². The number of Topliss-reactive ketones (excluding diaryl/α,β-unsaturated/α-hetero) is 1. The lowest BCUT2D eigenvalue weighted by atomic mass is 10.0. The number of benzene rings is 2. The summed E-state index contributed by atoms with van der Waals surface area (Å²) in [4.78, 5) is 12.1. The molecule has 0 N–H and O–H groups in total. The van der Waals surface area contributed by atoms with Crippen LogP contribution in [0.15, 0.2) is 46.9 Å². The average molecular weight is 323 g/mol. The van der Waals surface area contributed by atoms with Gasteiger partial charge < -0.3 is 4.74 Å². The van der Waals surface area contributed by atoms with Gasteiger partial charge in [0.15, 0.2) is 5.78 Å². The number of ether oxygens (including phenoxy) is 1. The molecule has 2 aromatic rings. The lowest BCUT2D eigenvalue weighted by Gasteiger charge is -2.05. The van der Waals surface area contributed by atoms with Crippen molar-refractivity contribution in [1.82, 2.24) is 0 Å². The summed E-state index contributed by atoms with van der Waals surface area (Å²) in [6.45, 7) is 0. The summed E-state index contributed by atoms with van der Waals surface area (Å²) in [7, 11) is 1.54. The van der Waals surface area contributed by atoms with Gasteiger partial charge in [-0.15, -0.1) is 0 Å². The molecule has 4 heteroatoms. The second-order valence-electron chi connectivity index (χ2n) is 4.07. The van der Waals surface area contributed by atoms with Gasteiger partial charge in [0.2, 0.25) is 0 Å². The lowest BCUT2D eigenvalue weighted by molar-refractivity contribution is 0.0991. The molecule has 0 saturated carbocycles. The Morgan fingerprint density at radius 3 is 2.79 bits per heavy atom. The third kappa shape index (κ3) is 3.41. The highest BCUT2D eigenvalue weighted by Crippen LogP contribution is 2.19. The molecule has 0 aliphatic heterocycles. The highest BCUT2D eigenvalue weighted by atomic mass is 79.9. The topological polar surface area (TPSA) is 26.3 Å². The summed E-state index contributed by atoms with van der Waals surface area (Å²) in [5.41, 5.74) is 0.890. The van der Waals surface area contributed by atoms with Gasteiger partial charge in [-0.2, -0.15) is 0 Å². The van der Waals surface area contributed by atoms with E-state index in [-0.39, 0.29) is 18.0 Å². The largest absolute Gasteiger partial charge is 0.497 e. The summed E-state index contributed by atoms with van der Waals surface area (Å²) in [5.74, 6) is 0.0934. The van der Waals surface area contributed by atoms with E-state index >= 15 is 0 Å². The number of hydrogen-bond acceptors (Lipinski definition) is 2. The standard InChI is InChI=1S/C15H12BrFO2/c1-19-13-4-2-3-10(8-13)15(18)9-11-7-12(16)5-6-14(11)17/h2-8H,9H2,1H3. The molecule has 0 fully saturated rings. The van der Waals surface area contributed by atoms with Crippen LogP contribution >= 0.6 is 15.9 Å². The van der Waals surface area contributed by atoms with Gasteiger partial charge in [0.05, 0.1) is 7.11 Å². The molecule has 0 heterocycles. The third-order valence-electron chi connectivity index (χ3n) is 2.75. The molecule has 0 bridgehead atoms. The van der Waals surface area contributed by atoms with Crippen molar-refractivity contribution >= 4 is 21.7 Å². The van der Waals surface area contributed by atoms with Crippen molar-refractivity contribution in [3.05, 3.63) is 63.9 Å². The molecule has 0 saturated heterocycles. The molecule has 0 aliphatic rings. The molecule has 0 aliphatic carbocycles. The van der Waals surface area contributed by atoms with Gasteiger partial charge in [-0.25, -0.2) is 4.39 Å². The SMILES string of the molecule is COc1cccc(C(=O)Cc2cc(Br)ccc2F)c1. The zero-order valence-corrected chi connectivity index (χ0v) is 11.9. The summed E-state index contributed by atoms with van der Waals surface area (Å²) >= 11 is 3.27. The second kappa shape index (κ2) is 5.97. The van der Waals surface area contributed by atoms with E-state index in [1.54, 1.807) is 36.4 Å². The maximum atomic E-state index is 13.6. The van der Waals surface area contributed by atoms with Crippen LogP contribution in [0.25, 0.3) is 0 Å². The Morgan fingerprint density at radius 1 is 1.26 bits per heavy atom. The Balaban J connectivity index is 2.22. The Kier molecular flexibility index (Phi) is 4.32. The fourth-order valence-electron chi connectivity index (χ4n) is 1.75. The number of hydrogen-bond donors (Lipinski definition) is 0. The molecule has 0 atom stereocenters. The molecule has 2 aromatic carbocycles. The molecule has 98 valence electrons. The first-order valence-electron chi connectivity index (χ1n) is 5.71. The van der Waals surface area contributed by atoms with Crippen molar-refractivity contribution in [2.24, 2.45) is 0 Å². The Hall–Kier alpha value is -1.68. The van der Waals surface area contributed by atoms with Crippen molar-refractivity contribution in [1.29, 1.82) is 0 Å². The smallest absolute Gasteiger partial charge is 0.167 e. The van der Waals surface area contributed by atoms with Crippen molar-refractivity contribution in [2.45, 2.75) is 6.42 Å². The van der Waals surface area contributed by atoms with Crippen molar-refractivity contribution < 1.29 is 13.9 Å². The Labute approximate surface area is 119 Å². The van der Waals surface area contributed by atoms with E-state index in [9.17, 15) is 9.18 Å². The van der Waals surface area contributed by atoms with Gasteiger partial charge in [0.1, 0.15) is 11.6 Å². The first-order valence-corrected chi connectivity index (χ1v) is 6.50. The van der Waals surface area contributed by atoms with Gasteiger partial charge in [-0.3, -0.25) is 4.79 Å². The monoisotopic (exact) mass is 322 g/mol. The van der Waals surface area contributed by atoms with E-state index in [0.717, 1.165) is 4.47 Å². The summed E-state index contributed by atoms with van der Waals surface area (Å²) in [6.07, 6.45) is 0.0262. The van der Waals surface area contributed by atoms with E-state index in [4.69, 9.17) is 4.74 Å². The fourth-order valence-corrected chi connectivity index (χ4v) is 2.16. The quantitative estimate of drug-likeness (QED) is 0.795. The van der Waals surface area contributed by atoms with Crippen LogP contribution in [0.4, 0.5) is 4.39 Å². The molecular formula is C15H12BrFO2. The Morgan fingerprint density at radius 2 is 2.05 bits per heavy atom. The number of carbonyl (C=O) groups is 1. The van der Waals surface area contributed by atoms with E-state index in [2.05, 4.69) is 15.9 Å². The molecule has 0 aromatic heterocycles. The van der Waals surface area contributed by atoms with Crippen LogP contribution in [-0.4, -0.2) is 12.9 Å². The van der Waals surface area contributed by atoms with Crippen LogP contribution in [0.5, 0.6) is 5.75 Å². The number of carbonyl (C=O) groups excluding carboxylic acids is 1. The minimum absolute atomic E-state index is 0.0262. The van der Waals surface area contributed by atoms with Crippen molar-refractivity contribution in [3.63, 3.8) is 0 Å². The first kappa shape index (κ1) is 13.7. The van der Waals surface area contributed by atoms with Crippen molar-refractivity contribution in [3.8, 4) is 5.75 Å². The number of rotatable bonds is 4. The zero-order chi connectivity index (χ0) is 13.8. The normalized spacial score (nSPS) is 10.3. The highest BCUT2D eigenvalue weighted by molar-refractivity contribution is 9.10. The number of methoxy groups -OCH3 is 1. The number of ketones is 1. The minimum Gasteiger partial charge on any atom is -0.497 e. The zero-order valence-electron chi connectivity index (χ0n) is 10.3. The molecule has 2 rings (SSSR count). The predicted molar refractivity (Wildman–Crippen MR) is 75.1 cm³/mol. The molecule has 19 heavy (non-hydrogen) atoms. The molecular weight excluding hydrogens is 311 g/mol. The number of halogens is 2. The predicted octanol–water partition coefficient (Wildman–Crippen LogP) is 4.02. The molecule has 0 unspecified atom stereocenters. The van der Waals surface area contributed by atoms with Crippen LogP contribution in [0.3, 0.4) is 0 Å². The lowest BCUT2D eigenvalue weighted by Crippen LogP contribution is -2.05. The van der Waals surface area contributed by atoms with E-state index in [0.29, 0.717) is 16.9 Å². The highest BCUT2D eigenvalue weighted by Gasteiger charge is 2.11. The maximum absolute atomic E-state index is 13.6. The van der Waals surface area contributed by atoms with Crippen LogP contribution in [0.1, 0.15) is 15.9 Å². The third-order valence-corrected chi connectivity index (χ3v) is 3.24. The fraction of sp³-hybridized carbons (Fsp3) is 0.133. The first-order chi connectivity index (χ1) is 9.10. The molecule has 0 radical (unpaired) electrons. The van der Waals surface area contributed by atoms with E-state index in [1.165, 1.54) is 13.2 Å². The summed E-state index contributed by atoms with van der Waals surface area (Å²) in [6, 6.07) is 11.4. The maximum Gasteiger partial charge on any atom is 0.167 e. The van der Waals surface area contributed by atoms with Crippen LogP contribution < -0.4 is 4.74 Å². The average Bonchev–Trinajstić information content (AvgIpc) is 2.43. The van der Waals surface area contributed by atoms with Gasteiger partial charge in [0, 0.05) is 16.5 Å². The second-order valence-corrected chi connectivity index (χ2v) is 4.98. The van der Waals surface area contributed by atoms with Gasteiger partial charge in [0.25, 0.3) is 0 Å². The van der Waals surface area contributed by atoms with Crippen LogP contribution in [0, 0.1) is 5.82 Å². The van der Waals surface area contributed by atoms with Crippen LogP contribution in [-0.2, 0) is 6.42 Å². The molecule has 2 nitrogen and oxygen atoms in total. The minimum atomic E-state index is -0.376. The molecule has 0 amide bonds. The molecule has 0 spiro atoms. The van der Waals surface area contributed by atoms with E-state index in [1.807, 2.05) is 0 Å². The van der Waals surface area contributed by atoms with Gasteiger partial charge >= 0.3 is 0 Å². The van der Waals surface area contributed by atoms with Crippen molar-refractivity contribution in [2.75, 3.05) is 7.11 Å². The van der Waals surface area contributed by atoms with Crippen LogP contribution in [0.2, 0.25) is 0 Å². The van der Waals surface area contributed by atoms with Gasteiger partial charge in [-0.1, -0.05) is 28.1 Å². The van der Waals surface area contributed by atoms with E-state index < -0.39 is 0 Å².